The van der Waals surface area contributed by atoms with Gasteiger partial charge in [-0.1, -0.05) is 51.4 Å². The van der Waals surface area contributed by atoms with Gasteiger partial charge in [-0.2, -0.15) is 0 Å². The highest BCUT2D eigenvalue weighted by Gasteiger charge is 2.50. The number of esters is 1. The van der Waals surface area contributed by atoms with Gasteiger partial charge in [-0.15, -0.1) is 0 Å². The Labute approximate surface area is 260 Å². The first-order valence-corrected chi connectivity index (χ1v) is 15.0. The molecule has 1 fully saturated rings. The summed E-state index contributed by atoms with van der Waals surface area (Å²) in [5.74, 6) is -1.16. The molecule has 1 aliphatic heterocycles. The second-order valence-corrected chi connectivity index (χ2v) is 14.3. The number of rotatable bonds is 9. The fourth-order valence-electron chi connectivity index (χ4n) is 4.91. The molecule has 3 atom stereocenters. The fraction of sp³-hybridized carbons (Fsp3) is 0.677. The van der Waals surface area contributed by atoms with E-state index in [0.29, 0.717) is 18.0 Å². The van der Waals surface area contributed by atoms with Gasteiger partial charge in [0.15, 0.2) is 0 Å². The Bertz CT molecular complexity index is 1160. The minimum atomic E-state index is -1.16. The number of alkyl carbamates (subject to hydrolysis) is 1. The van der Waals surface area contributed by atoms with Crippen molar-refractivity contribution in [3.63, 3.8) is 0 Å². The highest BCUT2D eigenvalue weighted by atomic mass is 35.5. The molecule has 4 amide bonds. The van der Waals surface area contributed by atoms with Crippen LogP contribution in [0, 0.1) is 11.3 Å². The first-order chi connectivity index (χ1) is 19.6. The molecule has 1 heterocycles. The molecule has 11 nitrogen and oxygen atoms in total. The Kier molecular flexibility index (Phi) is 11.5. The summed E-state index contributed by atoms with van der Waals surface area (Å²) in [5.41, 5.74) is -2.93. The van der Waals surface area contributed by atoms with Crippen molar-refractivity contribution in [3.8, 4) is 0 Å². The lowest BCUT2D eigenvalue weighted by Gasteiger charge is -2.51. The monoisotopic (exact) mass is 624 g/mol. The van der Waals surface area contributed by atoms with Crippen LogP contribution >= 0.6 is 11.6 Å². The molecule has 0 radical (unpaired) electrons. The number of amides is 4. The number of nitrogens with zero attached hydrogens (tertiary/aromatic N) is 1. The Morgan fingerprint density at radius 2 is 1.58 bits per heavy atom. The van der Waals surface area contributed by atoms with E-state index in [1.54, 1.807) is 63.8 Å². The predicted molar refractivity (Wildman–Crippen MR) is 164 cm³/mol. The van der Waals surface area contributed by atoms with Gasteiger partial charge in [0.25, 0.3) is 0 Å². The molecule has 1 aromatic rings. The van der Waals surface area contributed by atoms with E-state index in [1.165, 1.54) is 6.92 Å². The van der Waals surface area contributed by atoms with Crippen molar-refractivity contribution in [3.05, 3.63) is 34.9 Å². The van der Waals surface area contributed by atoms with Crippen molar-refractivity contribution in [2.24, 2.45) is 11.3 Å². The molecule has 0 spiro atoms. The van der Waals surface area contributed by atoms with Gasteiger partial charge in [-0.3, -0.25) is 4.79 Å². The summed E-state index contributed by atoms with van der Waals surface area (Å²) in [5, 5.41) is 20.1. The third-order valence-corrected chi connectivity index (χ3v) is 7.69. The van der Waals surface area contributed by atoms with Gasteiger partial charge in [0.05, 0.1) is 12.1 Å². The average Bonchev–Trinajstić information content (AvgIpc) is 2.86. The number of nitrogens with one attached hydrogen (secondary N) is 3. The van der Waals surface area contributed by atoms with Crippen LogP contribution in [0.3, 0.4) is 0 Å². The van der Waals surface area contributed by atoms with Crippen LogP contribution in [0.5, 0.6) is 0 Å². The van der Waals surface area contributed by atoms with Crippen LogP contribution in [0.25, 0.3) is 0 Å². The smallest absolute Gasteiger partial charge is 0.408 e. The minimum absolute atomic E-state index is 0.0480. The minimum Gasteiger partial charge on any atom is -0.456 e. The number of ether oxygens (including phenoxy) is 2. The molecule has 12 heteroatoms. The van der Waals surface area contributed by atoms with E-state index in [9.17, 15) is 24.3 Å². The van der Waals surface area contributed by atoms with Gasteiger partial charge in [-0.25, -0.2) is 14.4 Å². The zero-order valence-electron chi connectivity index (χ0n) is 27.1. The van der Waals surface area contributed by atoms with Crippen LogP contribution in [0.15, 0.2) is 24.3 Å². The molecular weight excluding hydrogens is 576 g/mol. The van der Waals surface area contributed by atoms with Crippen LogP contribution in [-0.2, 0) is 24.7 Å². The maximum atomic E-state index is 13.6. The number of likely N-dealkylation sites (tertiary alicyclic amines) is 1. The van der Waals surface area contributed by atoms with Gasteiger partial charge >= 0.3 is 18.1 Å². The van der Waals surface area contributed by atoms with E-state index in [-0.39, 0.29) is 24.9 Å². The van der Waals surface area contributed by atoms with E-state index in [4.69, 9.17) is 21.1 Å². The lowest BCUT2D eigenvalue weighted by atomic mass is 9.66. The van der Waals surface area contributed by atoms with Crippen LogP contribution in [-0.4, -0.2) is 76.9 Å². The summed E-state index contributed by atoms with van der Waals surface area (Å²) in [6, 6.07) is 4.71. The van der Waals surface area contributed by atoms with Crippen molar-refractivity contribution in [1.82, 2.24) is 20.9 Å². The molecule has 242 valence electrons. The molecule has 43 heavy (non-hydrogen) atoms. The number of urea groups is 1. The maximum Gasteiger partial charge on any atom is 0.408 e. The Morgan fingerprint density at radius 1 is 1.00 bits per heavy atom. The second-order valence-electron chi connectivity index (χ2n) is 13.9. The third-order valence-electron chi connectivity index (χ3n) is 7.44. The van der Waals surface area contributed by atoms with Gasteiger partial charge in [0.2, 0.25) is 5.91 Å². The topological polar surface area (TPSA) is 146 Å². The molecule has 0 unspecified atom stereocenters. The molecule has 2 rings (SSSR count). The normalized spacial score (nSPS) is 20.1. The number of piperidine rings is 1. The summed E-state index contributed by atoms with van der Waals surface area (Å²) in [6.45, 7) is 17.9. The zero-order chi connectivity index (χ0) is 33.0. The van der Waals surface area contributed by atoms with E-state index in [1.807, 2.05) is 27.7 Å². The summed E-state index contributed by atoms with van der Waals surface area (Å²) in [6.07, 6.45) is -0.422. The Morgan fingerprint density at radius 3 is 2.09 bits per heavy atom. The number of benzene rings is 1. The van der Waals surface area contributed by atoms with Gasteiger partial charge in [0, 0.05) is 23.5 Å². The molecule has 0 aromatic heterocycles. The highest BCUT2D eigenvalue weighted by Crippen LogP contribution is 2.46. The van der Waals surface area contributed by atoms with Crippen molar-refractivity contribution in [2.45, 2.75) is 105 Å². The molecule has 0 saturated carbocycles. The number of hydrogen-bond donors (Lipinski definition) is 4. The molecule has 1 aliphatic rings. The van der Waals surface area contributed by atoms with E-state index in [2.05, 4.69) is 16.0 Å². The van der Waals surface area contributed by atoms with Crippen LogP contribution < -0.4 is 16.0 Å². The van der Waals surface area contributed by atoms with Crippen molar-refractivity contribution < 1.29 is 33.8 Å². The predicted octanol–water partition coefficient (Wildman–Crippen LogP) is 4.34. The van der Waals surface area contributed by atoms with Crippen molar-refractivity contribution in [2.75, 3.05) is 19.6 Å². The standard InChI is InChI=1S/C31H49ClN4O7/c1-19(2)23(24(37)36-16-15-31(41,29(7,8)18-36)21-11-13-22(32)14-12-21)35-26(39)33-17-30(9,10)42-25(38)20(3)34-27(40)43-28(4,5)6/h11-14,19-20,23,41H,15-18H2,1-10H3,(H,34,40)(H2,33,35,39)/t20-,23+,31-/m0/s1. The molecular formula is C31H49ClN4O7. The van der Waals surface area contributed by atoms with Gasteiger partial charge in [0.1, 0.15) is 23.3 Å². The van der Waals surface area contributed by atoms with Crippen LogP contribution in [0.1, 0.15) is 81.2 Å². The molecule has 0 aliphatic carbocycles. The number of aliphatic hydroxyl groups is 1. The summed E-state index contributed by atoms with van der Waals surface area (Å²) < 4.78 is 10.7. The first-order valence-electron chi connectivity index (χ1n) is 14.6. The average molecular weight is 625 g/mol. The van der Waals surface area contributed by atoms with E-state index >= 15 is 0 Å². The lowest BCUT2D eigenvalue weighted by Crippen LogP contribution is -2.61. The van der Waals surface area contributed by atoms with Crippen molar-refractivity contribution >= 4 is 35.6 Å². The molecule has 1 saturated heterocycles. The highest BCUT2D eigenvalue weighted by molar-refractivity contribution is 6.30. The van der Waals surface area contributed by atoms with Crippen molar-refractivity contribution in [1.29, 1.82) is 0 Å². The van der Waals surface area contributed by atoms with Crippen LogP contribution in [0.2, 0.25) is 5.02 Å². The van der Waals surface area contributed by atoms with Crippen LogP contribution in [0.4, 0.5) is 9.59 Å². The fourth-order valence-corrected chi connectivity index (χ4v) is 5.03. The number of carbonyl (C=O) groups is 4. The SMILES string of the molecule is CC(C)[C@@H](NC(=O)NCC(C)(C)OC(=O)[C@H](C)NC(=O)OC(C)(C)C)C(=O)N1CC[C@](O)(c2ccc(Cl)cc2)C(C)(C)C1. The quantitative estimate of drug-likeness (QED) is 0.299. The number of hydrogen-bond acceptors (Lipinski definition) is 7. The largest absolute Gasteiger partial charge is 0.456 e. The first kappa shape index (κ1) is 36.1. The molecule has 0 bridgehead atoms. The van der Waals surface area contributed by atoms with Gasteiger partial charge < -0.3 is 35.4 Å². The number of halogens is 1. The number of carbonyl (C=O) groups excluding carboxylic acids is 4. The molecule has 1 aromatic carbocycles. The third kappa shape index (κ3) is 9.99. The zero-order valence-corrected chi connectivity index (χ0v) is 27.8. The molecule has 4 N–H and O–H groups in total. The van der Waals surface area contributed by atoms with Gasteiger partial charge in [-0.05, 0) is 71.6 Å². The second kappa shape index (κ2) is 13.7. The summed E-state index contributed by atoms with van der Waals surface area (Å²) >= 11 is 6.04. The maximum absolute atomic E-state index is 13.6. The Hall–Kier alpha value is -3.05. The summed E-state index contributed by atoms with van der Waals surface area (Å²) in [7, 11) is 0. The van der Waals surface area contributed by atoms with E-state index in [0.717, 1.165) is 5.56 Å². The summed E-state index contributed by atoms with van der Waals surface area (Å²) in [4.78, 5) is 52.7. The Balaban J connectivity index is 1.97. The lowest BCUT2D eigenvalue weighted by molar-refractivity contribution is -0.158. The van der Waals surface area contributed by atoms with E-state index < -0.39 is 52.4 Å².